The lowest BCUT2D eigenvalue weighted by molar-refractivity contribution is -0.245. The zero-order chi connectivity index (χ0) is 17.0. The Hall–Kier alpha value is -0.860. The summed E-state index contributed by atoms with van der Waals surface area (Å²) < 4.78 is 0. The molecule has 0 amide bonds. The van der Waals surface area contributed by atoms with Crippen molar-refractivity contribution in [2.45, 2.75) is 92.2 Å². The van der Waals surface area contributed by atoms with E-state index in [1.807, 2.05) is 0 Å². The maximum Gasteiger partial charge on any atom is 0.0416 e. The van der Waals surface area contributed by atoms with Crippen LogP contribution in [0.25, 0.3) is 0 Å². The second-order valence-electron chi connectivity index (χ2n) is 8.58. The van der Waals surface area contributed by atoms with Crippen molar-refractivity contribution in [2.24, 2.45) is 0 Å². The molecule has 22 heavy (non-hydrogen) atoms. The van der Waals surface area contributed by atoms with Gasteiger partial charge in [0, 0.05) is 11.1 Å². The minimum absolute atomic E-state index is 0.196. The number of hydrogen-bond acceptors (Lipinski definition) is 2. The van der Waals surface area contributed by atoms with Crippen molar-refractivity contribution < 1.29 is 5.21 Å². The number of piperidine rings is 1. The number of nitrogens with zero attached hydrogens (tertiary/aromatic N) is 1. The van der Waals surface area contributed by atoms with E-state index in [0.717, 1.165) is 12.8 Å². The zero-order valence-electron chi connectivity index (χ0n) is 15.9. The van der Waals surface area contributed by atoms with Gasteiger partial charge >= 0.3 is 0 Å². The van der Waals surface area contributed by atoms with Crippen LogP contribution in [0, 0.1) is 34.6 Å². The molecule has 0 radical (unpaired) electrons. The van der Waals surface area contributed by atoms with Crippen molar-refractivity contribution in [1.29, 1.82) is 0 Å². The van der Waals surface area contributed by atoms with Gasteiger partial charge in [0.1, 0.15) is 0 Å². The fourth-order valence-corrected chi connectivity index (χ4v) is 4.62. The van der Waals surface area contributed by atoms with Gasteiger partial charge in [-0.2, -0.15) is 5.06 Å². The van der Waals surface area contributed by atoms with E-state index in [-0.39, 0.29) is 11.1 Å². The highest BCUT2D eigenvalue weighted by molar-refractivity contribution is 5.51. The molecule has 1 N–H and O–H groups in total. The molecule has 1 heterocycles. The highest BCUT2D eigenvalue weighted by Crippen LogP contribution is 2.47. The number of rotatable bonds is 1. The second kappa shape index (κ2) is 5.35. The lowest BCUT2D eigenvalue weighted by Crippen LogP contribution is -2.58. The summed E-state index contributed by atoms with van der Waals surface area (Å²) >= 11 is 0. The lowest BCUT2D eigenvalue weighted by atomic mass is 9.70. The summed E-state index contributed by atoms with van der Waals surface area (Å²) in [5.74, 6) is 0.506. The SMILES string of the molecule is Cc1c(C)c(C)c(C2CC(C)(C)N(O)C(C)(C)C2)c(C)c1C. The molecule has 0 aromatic heterocycles. The molecule has 0 bridgehead atoms. The van der Waals surface area contributed by atoms with Gasteiger partial charge in [-0.3, -0.25) is 0 Å². The summed E-state index contributed by atoms with van der Waals surface area (Å²) in [7, 11) is 0. The monoisotopic (exact) mass is 303 g/mol. The molecule has 1 fully saturated rings. The van der Waals surface area contributed by atoms with Gasteiger partial charge in [-0.25, -0.2) is 0 Å². The summed E-state index contributed by atoms with van der Waals surface area (Å²) in [6.45, 7) is 19.9. The van der Waals surface area contributed by atoms with E-state index < -0.39 is 0 Å². The van der Waals surface area contributed by atoms with Crippen LogP contribution in [0.4, 0.5) is 0 Å². The molecular weight excluding hydrogens is 270 g/mol. The molecule has 0 spiro atoms. The third-order valence-electron chi connectivity index (χ3n) is 6.10. The van der Waals surface area contributed by atoms with Gasteiger partial charge in [-0.1, -0.05) is 0 Å². The van der Waals surface area contributed by atoms with E-state index >= 15 is 0 Å². The molecule has 0 aliphatic carbocycles. The third kappa shape index (κ3) is 2.61. The number of benzene rings is 1. The highest BCUT2D eigenvalue weighted by Gasteiger charge is 2.46. The second-order valence-corrected chi connectivity index (χ2v) is 8.58. The summed E-state index contributed by atoms with van der Waals surface area (Å²) in [4.78, 5) is 0. The molecule has 2 heteroatoms. The van der Waals surface area contributed by atoms with E-state index in [1.54, 1.807) is 5.06 Å². The van der Waals surface area contributed by atoms with Gasteiger partial charge in [0.2, 0.25) is 0 Å². The predicted molar refractivity (Wildman–Crippen MR) is 93.9 cm³/mol. The molecule has 2 rings (SSSR count). The first-order chi connectivity index (χ1) is 9.90. The van der Waals surface area contributed by atoms with E-state index in [1.165, 1.54) is 33.4 Å². The van der Waals surface area contributed by atoms with Crippen LogP contribution in [0.2, 0.25) is 0 Å². The lowest BCUT2D eigenvalue weighted by Gasteiger charge is -2.52. The Morgan fingerprint density at radius 3 is 1.41 bits per heavy atom. The molecule has 2 nitrogen and oxygen atoms in total. The first-order valence-corrected chi connectivity index (χ1v) is 8.46. The van der Waals surface area contributed by atoms with Crippen LogP contribution in [0.5, 0.6) is 0 Å². The van der Waals surface area contributed by atoms with Crippen molar-refractivity contribution in [3.63, 3.8) is 0 Å². The molecular formula is C20H33NO. The molecule has 1 aromatic rings. The minimum Gasteiger partial charge on any atom is -0.313 e. The van der Waals surface area contributed by atoms with E-state index in [9.17, 15) is 5.21 Å². The number of hydrogen-bond donors (Lipinski definition) is 1. The topological polar surface area (TPSA) is 23.5 Å². The normalized spacial score (nSPS) is 22.1. The first-order valence-electron chi connectivity index (χ1n) is 8.46. The summed E-state index contributed by atoms with van der Waals surface area (Å²) in [6, 6.07) is 0. The Morgan fingerprint density at radius 1 is 0.727 bits per heavy atom. The standard InChI is InChI=1S/C20H33NO/c1-12-13(2)15(4)18(16(5)14(12)3)17-10-19(6,7)21(22)20(8,9)11-17/h17,22H,10-11H2,1-9H3. The van der Waals surface area contributed by atoms with Crippen LogP contribution < -0.4 is 0 Å². The number of hydroxylamine groups is 2. The van der Waals surface area contributed by atoms with Gasteiger partial charge in [0.05, 0.1) is 0 Å². The average molecular weight is 303 g/mol. The van der Waals surface area contributed by atoms with Gasteiger partial charge in [-0.05, 0) is 114 Å². The maximum absolute atomic E-state index is 10.6. The fourth-order valence-electron chi connectivity index (χ4n) is 4.62. The van der Waals surface area contributed by atoms with Crippen molar-refractivity contribution in [1.82, 2.24) is 5.06 Å². The van der Waals surface area contributed by atoms with Crippen molar-refractivity contribution in [3.8, 4) is 0 Å². The summed E-state index contributed by atoms with van der Waals surface area (Å²) in [5.41, 5.74) is 8.31. The largest absolute Gasteiger partial charge is 0.313 e. The highest BCUT2D eigenvalue weighted by atomic mass is 16.5. The molecule has 0 atom stereocenters. The molecule has 124 valence electrons. The van der Waals surface area contributed by atoms with Crippen molar-refractivity contribution in [3.05, 3.63) is 33.4 Å². The van der Waals surface area contributed by atoms with Crippen LogP contribution in [-0.2, 0) is 0 Å². The van der Waals surface area contributed by atoms with Crippen LogP contribution in [0.15, 0.2) is 0 Å². The molecule has 1 aliphatic rings. The Kier molecular flexibility index (Phi) is 4.25. The Balaban J connectivity index is 2.58. The van der Waals surface area contributed by atoms with Crippen molar-refractivity contribution in [2.75, 3.05) is 0 Å². The molecule has 1 aliphatic heterocycles. The average Bonchev–Trinajstić information content (AvgIpc) is 2.40. The minimum atomic E-state index is -0.196. The van der Waals surface area contributed by atoms with Crippen molar-refractivity contribution >= 4 is 0 Å². The Morgan fingerprint density at radius 2 is 1.05 bits per heavy atom. The van der Waals surface area contributed by atoms with E-state index in [2.05, 4.69) is 62.3 Å². The molecule has 0 unspecified atom stereocenters. The summed E-state index contributed by atoms with van der Waals surface area (Å²) in [5, 5.41) is 12.1. The van der Waals surface area contributed by atoms with Gasteiger partial charge in [0.25, 0.3) is 0 Å². The van der Waals surface area contributed by atoms with Crippen LogP contribution in [0.3, 0.4) is 0 Å². The zero-order valence-corrected chi connectivity index (χ0v) is 15.9. The Labute approximate surface area is 136 Å². The quantitative estimate of drug-likeness (QED) is 0.755. The maximum atomic E-state index is 10.6. The summed E-state index contributed by atoms with van der Waals surface area (Å²) in [6.07, 6.45) is 1.99. The predicted octanol–water partition coefficient (Wildman–Crippen LogP) is 5.35. The van der Waals surface area contributed by atoms with Gasteiger partial charge in [-0.15, -0.1) is 0 Å². The molecule has 1 saturated heterocycles. The third-order valence-corrected chi connectivity index (χ3v) is 6.10. The smallest absolute Gasteiger partial charge is 0.0416 e. The van der Waals surface area contributed by atoms with Crippen LogP contribution >= 0.6 is 0 Å². The van der Waals surface area contributed by atoms with E-state index in [0.29, 0.717) is 5.92 Å². The van der Waals surface area contributed by atoms with Gasteiger partial charge in [0.15, 0.2) is 0 Å². The van der Waals surface area contributed by atoms with Crippen LogP contribution in [0.1, 0.15) is 79.8 Å². The molecule has 1 aromatic carbocycles. The Bertz CT molecular complexity index is 551. The molecule has 0 saturated carbocycles. The van der Waals surface area contributed by atoms with Gasteiger partial charge < -0.3 is 5.21 Å². The fraction of sp³-hybridized carbons (Fsp3) is 0.700. The van der Waals surface area contributed by atoms with E-state index in [4.69, 9.17) is 0 Å². The first kappa shape index (κ1) is 17.5. The van der Waals surface area contributed by atoms with Crippen LogP contribution in [-0.4, -0.2) is 21.3 Å².